The first-order valence-corrected chi connectivity index (χ1v) is 6.73. The Hall–Kier alpha value is -1.78. The highest BCUT2D eigenvalue weighted by Gasteiger charge is 2.39. The van der Waals surface area contributed by atoms with Gasteiger partial charge < -0.3 is 9.64 Å². The highest BCUT2D eigenvalue weighted by molar-refractivity contribution is 5.82. The molecule has 1 aliphatic rings. The van der Waals surface area contributed by atoms with Gasteiger partial charge in [0.25, 0.3) is 0 Å². The lowest BCUT2D eigenvalue weighted by Gasteiger charge is -2.21. The van der Waals surface area contributed by atoms with Gasteiger partial charge in [-0.1, -0.05) is 0 Å². The Morgan fingerprint density at radius 3 is 2.40 bits per heavy atom. The minimum atomic E-state index is -0.633. The van der Waals surface area contributed by atoms with Gasteiger partial charge in [-0.05, 0) is 58.9 Å². The maximum Gasteiger partial charge on any atom is 0.412 e. The number of nitrogens with one attached hydrogen (secondary N) is 1. The zero-order valence-corrected chi connectivity index (χ0v) is 12.9. The number of nitrogens with zero attached hydrogens (tertiary/aromatic N) is 1. The number of aldehydes is 1. The fraction of sp³-hybridized carbons (Fsp3) is 0.600. The summed E-state index contributed by atoms with van der Waals surface area (Å²) in [5.41, 5.74) is -0.177. The molecular weight excluding hydrogens is 256 g/mol. The van der Waals surface area contributed by atoms with E-state index < -0.39 is 11.7 Å². The average molecular weight is 280 g/mol. The highest BCUT2D eigenvalue weighted by Crippen LogP contribution is 2.40. The Morgan fingerprint density at radius 1 is 1.35 bits per heavy atom. The second kappa shape index (κ2) is 6.11. The Balaban J connectivity index is 2.53. The lowest BCUT2D eigenvalue weighted by molar-refractivity contribution is -0.105. The molecule has 0 saturated heterocycles. The predicted octanol–water partition coefficient (Wildman–Crippen LogP) is 2.59. The maximum atomic E-state index is 11.5. The van der Waals surface area contributed by atoms with Crippen molar-refractivity contribution in [2.45, 2.75) is 51.7 Å². The van der Waals surface area contributed by atoms with Crippen molar-refractivity contribution in [2.75, 3.05) is 7.05 Å². The molecule has 0 atom stereocenters. The normalized spacial score (nSPS) is 17.8. The van der Waals surface area contributed by atoms with Crippen LogP contribution in [0.4, 0.5) is 4.79 Å². The van der Waals surface area contributed by atoms with E-state index in [0.717, 1.165) is 0 Å². The van der Waals surface area contributed by atoms with Crippen LogP contribution in [0.1, 0.15) is 40.5 Å². The van der Waals surface area contributed by atoms with Crippen molar-refractivity contribution >= 4 is 12.4 Å². The molecule has 0 spiro atoms. The Morgan fingerprint density at radius 2 is 1.95 bits per heavy atom. The van der Waals surface area contributed by atoms with Crippen molar-refractivity contribution in [3.63, 3.8) is 0 Å². The van der Waals surface area contributed by atoms with Crippen LogP contribution in [0, 0.1) is 0 Å². The molecule has 0 unspecified atom stereocenters. The number of ether oxygens (including phenoxy) is 1. The maximum absolute atomic E-state index is 11.5. The van der Waals surface area contributed by atoms with Crippen LogP contribution >= 0.6 is 0 Å². The van der Waals surface area contributed by atoms with Crippen LogP contribution in [-0.2, 0) is 9.53 Å². The molecule has 1 amide bonds. The predicted molar refractivity (Wildman–Crippen MR) is 78.1 cm³/mol. The summed E-state index contributed by atoms with van der Waals surface area (Å²) in [4.78, 5) is 24.5. The minimum Gasteiger partial charge on any atom is -0.444 e. The molecule has 0 aromatic heterocycles. The molecule has 0 aromatic rings. The Bertz CT molecular complexity index is 429. The smallest absolute Gasteiger partial charge is 0.412 e. The van der Waals surface area contributed by atoms with Crippen molar-refractivity contribution in [1.82, 2.24) is 10.2 Å². The highest BCUT2D eigenvalue weighted by atomic mass is 16.6. The third-order valence-corrected chi connectivity index (χ3v) is 3.18. The van der Waals surface area contributed by atoms with Crippen molar-refractivity contribution < 1.29 is 14.3 Å². The summed E-state index contributed by atoms with van der Waals surface area (Å²) in [5, 5.41) is 2.41. The quantitative estimate of drug-likeness (QED) is 0.478. The van der Waals surface area contributed by atoms with Crippen LogP contribution < -0.4 is 5.32 Å². The van der Waals surface area contributed by atoms with E-state index in [1.165, 1.54) is 12.8 Å². The lowest BCUT2D eigenvalue weighted by Crippen LogP contribution is -2.32. The van der Waals surface area contributed by atoms with Gasteiger partial charge in [0.1, 0.15) is 5.60 Å². The summed E-state index contributed by atoms with van der Waals surface area (Å²) in [6, 6.07) is 0. The summed E-state index contributed by atoms with van der Waals surface area (Å²) in [5.74, 6) is 0. The van der Waals surface area contributed by atoms with Gasteiger partial charge in [0.2, 0.25) is 0 Å². The molecule has 0 aromatic carbocycles. The van der Waals surface area contributed by atoms with Crippen LogP contribution in [0.3, 0.4) is 0 Å². The molecule has 1 N–H and O–H groups in total. The van der Waals surface area contributed by atoms with Gasteiger partial charge in [0, 0.05) is 12.6 Å². The fourth-order valence-electron chi connectivity index (χ4n) is 1.52. The van der Waals surface area contributed by atoms with Crippen molar-refractivity contribution in [3.05, 3.63) is 24.0 Å². The lowest BCUT2D eigenvalue weighted by atomic mass is 10.2. The van der Waals surface area contributed by atoms with Crippen molar-refractivity contribution in [1.29, 1.82) is 0 Å². The summed E-state index contributed by atoms with van der Waals surface area (Å²) in [7, 11) is 2.00. The van der Waals surface area contributed by atoms with E-state index in [4.69, 9.17) is 4.74 Å². The standard InChI is InChI=1S/C15H24N2O3/c1-14(2,3)20-13(19)16-12(11-18)7-6-10-17(5)15(4)8-9-15/h6-7,10-11H,8-9H2,1-5H3,(H,16,19)/b10-6-,12-7+. The number of carbonyl (C=O) groups excluding carboxylic acids is 2. The molecular formula is C15H24N2O3. The van der Waals surface area contributed by atoms with Crippen LogP contribution in [-0.4, -0.2) is 35.5 Å². The number of rotatable bonds is 5. The van der Waals surface area contributed by atoms with Gasteiger partial charge in [0.05, 0.1) is 5.70 Å². The van der Waals surface area contributed by atoms with Gasteiger partial charge in [-0.15, -0.1) is 0 Å². The molecule has 5 heteroatoms. The first-order valence-electron chi connectivity index (χ1n) is 6.73. The fourth-order valence-corrected chi connectivity index (χ4v) is 1.52. The van der Waals surface area contributed by atoms with Crippen LogP contribution in [0.2, 0.25) is 0 Å². The molecule has 112 valence electrons. The molecule has 0 aliphatic heterocycles. The molecule has 1 saturated carbocycles. The van der Waals surface area contributed by atoms with E-state index in [1.807, 2.05) is 13.2 Å². The van der Waals surface area contributed by atoms with Crippen LogP contribution in [0.25, 0.3) is 0 Å². The number of carbonyl (C=O) groups is 2. The topological polar surface area (TPSA) is 58.6 Å². The van der Waals surface area contributed by atoms with E-state index in [2.05, 4.69) is 17.1 Å². The molecule has 20 heavy (non-hydrogen) atoms. The molecule has 0 bridgehead atoms. The van der Waals surface area contributed by atoms with Gasteiger partial charge in [-0.3, -0.25) is 10.1 Å². The van der Waals surface area contributed by atoms with E-state index in [-0.39, 0.29) is 11.2 Å². The number of amides is 1. The number of hydrogen-bond acceptors (Lipinski definition) is 4. The average Bonchev–Trinajstić information content (AvgIpc) is 3.04. The molecule has 0 radical (unpaired) electrons. The summed E-state index contributed by atoms with van der Waals surface area (Å²) >= 11 is 0. The second-order valence-electron chi connectivity index (χ2n) is 6.32. The number of allylic oxidation sites excluding steroid dienone is 3. The van der Waals surface area contributed by atoms with E-state index >= 15 is 0 Å². The van der Waals surface area contributed by atoms with Crippen molar-refractivity contribution in [2.24, 2.45) is 0 Å². The first-order chi connectivity index (χ1) is 9.16. The summed E-state index contributed by atoms with van der Waals surface area (Å²) < 4.78 is 5.08. The second-order valence-corrected chi connectivity index (χ2v) is 6.32. The Kier molecular flexibility index (Phi) is 4.98. The van der Waals surface area contributed by atoms with Gasteiger partial charge in [-0.25, -0.2) is 4.79 Å². The molecule has 5 nitrogen and oxygen atoms in total. The van der Waals surface area contributed by atoms with Crippen molar-refractivity contribution in [3.8, 4) is 0 Å². The molecule has 0 heterocycles. The van der Waals surface area contributed by atoms with Gasteiger partial charge in [-0.2, -0.15) is 0 Å². The third-order valence-electron chi connectivity index (χ3n) is 3.18. The molecule has 1 fully saturated rings. The summed E-state index contributed by atoms with van der Waals surface area (Å²) in [6.07, 6.45) is 7.50. The zero-order chi connectivity index (χ0) is 15.4. The van der Waals surface area contributed by atoms with Gasteiger partial charge >= 0.3 is 6.09 Å². The monoisotopic (exact) mass is 280 g/mol. The van der Waals surface area contributed by atoms with Crippen LogP contribution in [0.15, 0.2) is 24.0 Å². The first kappa shape index (κ1) is 16.3. The Labute approximate surface area is 120 Å². The largest absolute Gasteiger partial charge is 0.444 e. The molecule has 1 aliphatic carbocycles. The molecule has 1 rings (SSSR count). The zero-order valence-electron chi connectivity index (χ0n) is 12.9. The van der Waals surface area contributed by atoms with Gasteiger partial charge in [0.15, 0.2) is 6.29 Å². The van der Waals surface area contributed by atoms with E-state index in [9.17, 15) is 9.59 Å². The minimum absolute atomic E-state index is 0.171. The number of alkyl carbamates (subject to hydrolysis) is 1. The summed E-state index contributed by atoms with van der Waals surface area (Å²) in [6.45, 7) is 7.48. The SMILES string of the molecule is CN(/C=C\C=C(/C=O)NC(=O)OC(C)(C)C)C1(C)CC1. The third kappa shape index (κ3) is 5.47. The van der Waals surface area contributed by atoms with E-state index in [0.29, 0.717) is 6.29 Å². The van der Waals surface area contributed by atoms with E-state index in [1.54, 1.807) is 32.9 Å². The van der Waals surface area contributed by atoms with Crippen LogP contribution in [0.5, 0.6) is 0 Å². The number of hydrogen-bond donors (Lipinski definition) is 1.